The average molecular weight is 508 g/mol. The standard InChI is InChI=1S/C25H27Cl2NO4S/c1-25(2,3)12-11-18-14-21(22(33-18)24(30)31)28(16-6-8-17(32-4)9-7-16)23(29)19-10-5-15(26)13-20(19)27/h5,10,13-14,16-17H,6-9H2,1-4H3,(H,30,31). The first kappa shape index (κ1) is 25.6. The Morgan fingerprint density at radius 2 is 1.82 bits per heavy atom. The fourth-order valence-electron chi connectivity index (χ4n) is 3.83. The summed E-state index contributed by atoms with van der Waals surface area (Å²) in [4.78, 5) is 28.2. The summed E-state index contributed by atoms with van der Waals surface area (Å²) in [5.41, 5.74) is 0.390. The molecule has 1 heterocycles. The molecule has 8 heteroatoms. The van der Waals surface area contributed by atoms with Crippen molar-refractivity contribution in [2.24, 2.45) is 5.41 Å². The molecule has 1 saturated carbocycles. The van der Waals surface area contributed by atoms with Crippen LogP contribution in [0.5, 0.6) is 0 Å². The van der Waals surface area contributed by atoms with E-state index in [0.29, 0.717) is 28.4 Å². The van der Waals surface area contributed by atoms with E-state index in [1.807, 2.05) is 20.8 Å². The number of aromatic carboxylic acids is 1. The van der Waals surface area contributed by atoms with E-state index in [2.05, 4.69) is 11.8 Å². The molecule has 1 aromatic carbocycles. The summed E-state index contributed by atoms with van der Waals surface area (Å²) < 4.78 is 5.48. The van der Waals surface area contributed by atoms with E-state index in [1.54, 1.807) is 30.2 Å². The first-order valence-electron chi connectivity index (χ1n) is 10.7. The van der Waals surface area contributed by atoms with Gasteiger partial charge in [0.1, 0.15) is 4.88 Å². The maximum atomic E-state index is 13.8. The van der Waals surface area contributed by atoms with Crippen LogP contribution in [0.2, 0.25) is 10.0 Å². The number of halogens is 2. The van der Waals surface area contributed by atoms with Crippen molar-refractivity contribution in [2.45, 2.75) is 58.6 Å². The van der Waals surface area contributed by atoms with E-state index in [0.717, 1.165) is 24.2 Å². The second kappa shape index (κ2) is 10.5. The summed E-state index contributed by atoms with van der Waals surface area (Å²) in [5, 5.41) is 10.6. The monoisotopic (exact) mass is 507 g/mol. The molecule has 3 rings (SSSR count). The average Bonchev–Trinajstić information content (AvgIpc) is 3.16. The molecule has 0 spiro atoms. The third-order valence-electron chi connectivity index (χ3n) is 5.45. The zero-order valence-electron chi connectivity index (χ0n) is 19.1. The summed E-state index contributed by atoms with van der Waals surface area (Å²) in [6.45, 7) is 5.96. The Labute approximate surface area is 208 Å². The van der Waals surface area contributed by atoms with Gasteiger partial charge in [-0.25, -0.2) is 4.79 Å². The maximum Gasteiger partial charge on any atom is 0.348 e. The Morgan fingerprint density at radius 3 is 2.36 bits per heavy atom. The summed E-state index contributed by atoms with van der Waals surface area (Å²) in [6.07, 6.45) is 3.07. The Morgan fingerprint density at radius 1 is 1.15 bits per heavy atom. The van der Waals surface area contributed by atoms with Crippen molar-refractivity contribution in [1.29, 1.82) is 0 Å². The number of carbonyl (C=O) groups excluding carboxylic acids is 1. The minimum Gasteiger partial charge on any atom is -0.477 e. The molecule has 1 aromatic heterocycles. The number of carboxylic acid groups (broad SMARTS) is 1. The molecule has 0 aliphatic heterocycles. The number of ether oxygens (including phenoxy) is 1. The molecule has 0 atom stereocenters. The van der Waals surface area contributed by atoms with Crippen LogP contribution in [0.3, 0.4) is 0 Å². The van der Waals surface area contributed by atoms with Crippen molar-refractivity contribution in [3.63, 3.8) is 0 Å². The lowest BCUT2D eigenvalue weighted by Gasteiger charge is -2.36. The van der Waals surface area contributed by atoms with Gasteiger partial charge >= 0.3 is 5.97 Å². The van der Waals surface area contributed by atoms with Crippen molar-refractivity contribution in [2.75, 3.05) is 12.0 Å². The van der Waals surface area contributed by atoms with Crippen LogP contribution in [0.15, 0.2) is 24.3 Å². The number of nitrogens with zero attached hydrogens (tertiary/aromatic N) is 1. The highest BCUT2D eigenvalue weighted by Crippen LogP contribution is 2.37. The molecular weight excluding hydrogens is 481 g/mol. The molecule has 0 unspecified atom stereocenters. The second-order valence-corrected chi connectivity index (χ2v) is 11.0. The Kier molecular flexibility index (Phi) is 8.13. The smallest absolute Gasteiger partial charge is 0.348 e. The van der Waals surface area contributed by atoms with Gasteiger partial charge in [-0.3, -0.25) is 4.79 Å². The highest BCUT2D eigenvalue weighted by atomic mass is 35.5. The van der Waals surface area contributed by atoms with Crippen molar-refractivity contribution < 1.29 is 19.4 Å². The molecule has 1 aliphatic carbocycles. The van der Waals surface area contributed by atoms with E-state index in [1.165, 1.54) is 6.07 Å². The van der Waals surface area contributed by atoms with Crippen LogP contribution in [-0.4, -0.2) is 36.2 Å². The minimum atomic E-state index is -1.09. The van der Waals surface area contributed by atoms with E-state index < -0.39 is 5.97 Å². The van der Waals surface area contributed by atoms with Crippen molar-refractivity contribution in [3.8, 4) is 11.8 Å². The molecule has 0 saturated heterocycles. The van der Waals surface area contributed by atoms with Crippen LogP contribution in [0.4, 0.5) is 5.69 Å². The Bertz CT molecular complexity index is 1100. The first-order valence-corrected chi connectivity index (χ1v) is 12.3. The normalized spacial score (nSPS) is 18.4. The number of benzene rings is 1. The van der Waals surface area contributed by atoms with Gasteiger partial charge in [0.05, 0.1) is 27.3 Å². The van der Waals surface area contributed by atoms with E-state index in [9.17, 15) is 14.7 Å². The largest absolute Gasteiger partial charge is 0.477 e. The molecule has 2 aromatic rings. The van der Waals surface area contributed by atoms with Crippen LogP contribution >= 0.6 is 34.5 Å². The predicted molar refractivity (Wildman–Crippen MR) is 134 cm³/mol. The molecule has 0 bridgehead atoms. The van der Waals surface area contributed by atoms with Gasteiger partial charge in [0.15, 0.2) is 0 Å². The van der Waals surface area contributed by atoms with Crippen LogP contribution in [-0.2, 0) is 4.74 Å². The molecule has 1 N–H and O–H groups in total. The van der Waals surface area contributed by atoms with E-state index >= 15 is 0 Å². The number of methoxy groups -OCH3 is 1. The van der Waals surface area contributed by atoms with Gasteiger partial charge in [-0.15, -0.1) is 11.3 Å². The number of carboxylic acids is 1. The molecule has 1 fully saturated rings. The number of anilines is 1. The van der Waals surface area contributed by atoms with Gasteiger partial charge in [-0.1, -0.05) is 35.0 Å². The van der Waals surface area contributed by atoms with Crippen molar-refractivity contribution in [3.05, 3.63) is 49.6 Å². The van der Waals surface area contributed by atoms with Crippen LogP contribution in [0, 0.1) is 17.3 Å². The minimum absolute atomic E-state index is 0.0838. The Hall–Kier alpha value is -2.04. The molecule has 1 amide bonds. The third-order valence-corrected chi connectivity index (χ3v) is 7.03. The van der Waals surface area contributed by atoms with Gasteiger partial charge in [-0.2, -0.15) is 0 Å². The summed E-state index contributed by atoms with van der Waals surface area (Å²) in [5.74, 6) is 4.77. The zero-order valence-corrected chi connectivity index (χ0v) is 21.4. The number of rotatable bonds is 5. The molecular formula is C25H27Cl2NO4S. The number of hydrogen-bond acceptors (Lipinski definition) is 4. The Balaban J connectivity index is 2.10. The topological polar surface area (TPSA) is 66.8 Å². The van der Waals surface area contributed by atoms with Crippen LogP contribution < -0.4 is 4.90 Å². The number of thiophene rings is 1. The van der Waals surface area contributed by atoms with Crippen LogP contribution in [0.25, 0.3) is 0 Å². The number of carbonyl (C=O) groups is 2. The zero-order chi connectivity index (χ0) is 24.3. The van der Waals surface area contributed by atoms with Gasteiger partial charge < -0.3 is 14.7 Å². The van der Waals surface area contributed by atoms with Gasteiger partial charge in [0, 0.05) is 23.6 Å². The summed E-state index contributed by atoms with van der Waals surface area (Å²) in [6, 6.07) is 6.21. The lowest BCUT2D eigenvalue weighted by molar-refractivity contribution is 0.0635. The van der Waals surface area contributed by atoms with Gasteiger partial charge in [0.25, 0.3) is 5.91 Å². The predicted octanol–water partition coefficient (Wildman–Crippen LogP) is 6.76. The molecule has 5 nitrogen and oxygen atoms in total. The van der Waals surface area contributed by atoms with Gasteiger partial charge in [-0.05, 0) is 70.7 Å². The first-order chi connectivity index (χ1) is 15.5. The fourth-order valence-corrected chi connectivity index (χ4v) is 5.16. The van der Waals surface area contributed by atoms with Crippen molar-refractivity contribution >= 4 is 52.1 Å². The lowest BCUT2D eigenvalue weighted by atomic mass is 9.91. The molecule has 1 aliphatic rings. The molecule has 176 valence electrons. The maximum absolute atomic E-state index is 13.8. The van der Waals surface area contributed by atoms with Gasteiger partial charge in [0.2, 0.25) is 0 Å². The summed E-state index contributed by atoms with van der Waals surface area (Å²) in [7, 11) is 1.68. The van der Waals surface area contributed by atoms with E-state index in [4.69, 9.17) is 27.9 Å². The molecule has 33 heavy (non-hydrogen) atoms. The highest BCUT2D eigenvalue weighted by Gasteiger charge is 2.34. The quantitative estimate of drug-likeness (QED) is 0.454. The fraction of sp³-hybridized carbons (Fsp3) is 0.440. The highest BCUT2D eigenvalue weighted by molar-refractivity contribution is 7.15. The second-order valence-electron chi connectivity index (χ2n) is 9.10. The summed E-state index contributed by atoms with van der Waals surface area (Å²) >= 11 is 13.5. The van der Waals surface area contributed by atoms with E-state index in [-0.39, 0.29) is 38.9 Å². The third kappa shape index (κ3) is 6.30. The van der Waals surface area contributed by atoms with Crippen LogP contribution in [0.1, 0.15) is 71.4 Å². The lowest BCUT2D eigenvalue weighted by Crippen LogP contribution is -2.44. The SMILES string of the molecule is COC1CCC(N(C(=O)c2ccc(Cl)cc2Cl)c2cc(C#CC(C)(C)C)sc2C(=O)O)CC1. The number of amides is 1. The molecule has 0 radical (unpaired) electrons. The van der Waals surface area contributed by atoms with Crippen molar-refractivity contribution in [1.82, 2.24) is 0 Å². The number of hydrogen-bond donors (Lipinski definition) is 1.